The summed E-state index contributed by atoms with van der Waals surface area (Å²) in [5.41, 5.74) is 0.429. The number of nitrogens with zero attached hydrogens (tertiary/aromatic N) is 1. The molecule has 0 atom stereocenters. The lowest BCUT2D eigenvalue weighted by Crippen LogP contribution is -2.20. The molecule has 1 heterocycles. The van der Waals surface area contributed by atoms with Crippen LogP contribution in [0.1, 0.15) is 5.56 Å². The van der Waals surface area contributed by atoms with Crippen molar-refractivity contribution in [1.82, 2.24) is 5.32 Å². The molecule has 0 spiro atoms. The Balaban J connectivity index is 2.22. The number of thioether (sulfide) groups is 1. The topological polar surface area (TPSA) is 102 Å². The molecule has 1 amide bonds. The van der Waals surface area contributed by atoms with Crippen LogP contribution in [-0.2, 0) is 4.79 Å². The third-order valence-corrected chi connectivity index (χ3v) is 3.25. The van der Waals surface area contributed by atoms with Crippen LogP contribution in [0.25, 0.3) is 6.08 Å². The van der Waals surface area contributed by atoms with Gasteiger partial charge in [-0.3, -0.25) is 9.79 Å². The number of benzene rings is 1. The summed E-state index contributed by atoms with van der Waals surface area (Å²) in [4.78, 5) is 16.0. The van der Waals surface area contributed by atoms with Crippen LogP contribution in [0.3, 0.4) is 0 Å². The Labute approximate surface area is 113 Å². The van der Waals surface area contributed by atoms with Crippen LogP contribution in [0.15, 0.2) is 28.1 Å². The molecule has 0 bridgehead atoms. The molecule has 4 N–H and O–H groups in total. The van der Waals surface area contributed by atoms with Gasteiger partial charge in [-0.15, -0.1) is 0 Å². The molecule has 1 aromatic carbocycles. The van der Waals surface area contributed by atoms with E-state index in [0.717, 1.165) is 11.8 Å². The molecule has 100 valence electrons. The maximum absolute atomic E-state index is 11.7. The summed E-state index contributed by atoms with van der Waals surface area (Å²) in [7, 11) is 0. The lowest BCUT2D eigenvalue weighted by Gasteiger charge is -2.00. The van der Waals surface area contributed by atoms with Crippen LogP contribution in [0.5, 0.6) is 11.5 Å². The summed E-state index contributed by atoms with van der Waals surface area (Å²) in [5.74, 6) is -0.468. The maximum atomic E-state index is 11.7. The highest BCUT2D eigenvalue weighted by Crippen LogP contribution is 2.30. The lowest BCUT2D eigenvalue weighted by atomic mass is 10.2. The van der Waals surface area contributed by atoms with Crippen molar-refractivity contribution in [1.29, 1.82) is 0 Å². The minimum Gasteiger partial charge on any atom is -0.508 e. The van der Waals surface area contributed by atoms with Gasteiger partial charge in [-0.25, -0.2) is 0 Å². The van der Waals surface area contributed by atoms with E-state index in [4.69, 9.17) is 5.11 Å². The monoisotopic (exact) mass is 280 g/mol. The number of aliphatic hydroxyl groups is 1. The third-order valence-electron chi connectivity index (χ3n) is 2.31. The molecule has 1 aromatic rings. The van der Waals surface area contributed by atoms with Crippen LogP contribution in [-0.4, -0.2) is 39.5 Å². The Bertz CT molecular complexity index is 569. The first-order valence-electron chi connectivity index (χ1n) is 5.48. The van der Waals surface area contributed by atoms with Crippen molar-refractivity contribution in [2.75, 3.05) is 13.2 Å². The van der Waals surface area contributed by atoms with Crippen molar-refractivity contribution in [2.24, 2.45) is 4.99 Å². The predicted molar refractivity (Wildman–Crippen MR) is 72.9 cm³/mol. The molecule has 1 aliphatic heterocycles. The minimum absolute atomic E-state index is 0.0478. The number of rotatable bonds is 3. The Morgan fingerprint density at radius 3 is 2.84 bits per heavy atom. The number of aromatic hydroxyl groups is 2. The van der Waals surface area contributed by atoms with Crippen molar-refractivity contribution in [3.63, 3.8) is 0 Å². The molecule has 19 heavy (non-hydrogen) atoms. The van der Waals surface area contributed by atoms with E-state index in [9.17, 15) is 15.0 Å². The fourth-order valence-electron chi connectivity index (χ4n) is 1.45. The van der Waals surface area contributed by atoms with Gasteiger partial charge in [-0.05, 0) is 30.0 Å². The van der Waals surface area contributed by atoms with Gasteiger partial charge in [0.1, 0.15) is 11.5 Å². The summed E-state index contributed by atoms with van der Waals surface area (Å²) in [6, 6.07) is 4.13. The molecule has 0 aromatic heterocycles. The van der Waals surface area contributed by atoms with Gasteiger partial charge >= 0.3 is 0 Å². The van der Waals surface area contributed by atoms with Crippen LogP contribution in [0.2, 0.25) is 0 Å². The van der Waals surface area contributed by atoms with Crippen LogP contribution >= 0.6 is 11.8 Å². The van der Waals surface area contributed by atoms with Gasteiger partial charge in [0, 0.05) is 11.6 Å². The molecule has 0 aliphatic carbocycles. The number of carbonyl (C=O) groups is 1. The second kappa shape index (κ2) is 5.77. The van der Waals surface area contributed by atoms with Gasteiger partial charge in [0.2, 0.25) is 0 Å². The van der Waals surface area contributed by atoms with Crippen molar-refractivity contribution in [3.8, 4) is 11.5 Å². The van der Waals surface area contributed by atoms with E-state index in [2.05, 4.69) is 10.3 Å². The maximum Gasteiger partial charge on any atom is 0.264 e. The highest BCUT2D eigenvalue weighted by Gasteiger charge is 2.23. The quantitative estimate of drug-likeness (QED) is 0.609. The van der Waals surface area contributed by atoms with Crippen LogP contribution in [0, 0.1) is 0 Å². The van der Waals surface area contributed by atoms with Crippen molar-refractivity contribution in [3.05, 3.63) is 28.7 Å². The molecular weight excluding hydrogens is 268 g/mol. The largest absolute Gasteiger partial charge is 0.508 e. The summed E-state index contributed by atoms with van der Waals surface area (Å²) >= 11 is 1.13. The van der Waals surface area contributed by atoms with E-state index >= 15 is 0 Å². The number of phenols is 2. The Hall–Kier alpha value is -1.99. The van der Waals surface area contributed by atoms with Crippen LogP contribution < -0.4 is 5.32 Å². The molecule has 1 aliphatic rings. The summed E-state index contributed by atoms with van der Waals surface area (Å²) < 4.78 is 0. The first kappa shape index (κ1) is 13.4. The van der Waals surface area contributed by atoms with Gasteiger partial charge < -0.3 is 20.6 Å². The van der Waals surface area contributed by atoms with E-state index in [-0.39, 0.29) is 30.6 Å². The second-order valence-corrected chi connectivity index (χ2v) is 4.75. The molecular formula is C12H12N2O4S. The van der Waals surface area contributed by atoms with Crippen molar-refractivity contribution >= 4 is 28.9 Å². The highest BCUT2D eigenvalue weighted by atomic mass is 32.2. The molecule has 2 rings (SSSR count). The third kappa shape index (κ3) is 3.27. The van der Waals surface area contributed by atoms with Gasteiger partial charge in [0.15, 0.2) is 5.17 Å². The highest BCUT2D eigenvalue weighted by molar-refractivity contribution is 8.18. The van der Waals surface area contributed by atoms with Crippen molar-refractivity contribution in [2.45, 2.75) is 0 Å². The van der Waals surface area contributed by atoms with E-state index < -0.39 is 0 Å². The molecule has 1 fully saturated rings. The lowest BCUT2D eigenvalue weighted by molar-refractivity contribution is -0.115. The van der Waals surface area contributed by atoms with E-state index in [0.29, 0.717) is 15.6 Å². The number of carbonyl (C=O) groups excluding carboxylic acids is 1. The summed E-state index contributed by atoms with van der Waals surface area (Å²) in [5, 5.41) is 30.4. The zero-order chi connectivity index (χ0) is 13.8. The molecule has 0 radical (unpaired) electrons. The van der Waals surface area contributed by atoms with E-state index in [1.165, 1.54) is 24.3 Å². The molecule has 1 saturated heterocycles. The summed E-state index contributed by atoms with van der Waals surface area (Å²) in [6.45, 7) is 0.137. The number of aliphatic imine (C=N–C) groups is 1. The van der Waals surface area contributed by atoms with Crippen molar-refractivity contribution < 1.29 is 20.1 Å². The van der Waals surface area contributed by atoms with Gasteiger partial charge in [0.25, 0.3) is 5.91 Å². The molecule has 0 saturated carbocycles. The minimum atomic E-state index is -0.311. The van der Waals surface area contributed by atoms with Gasteiger partial charge in [-0.2, -0.15) is 0 Å². The fraction of sp³-hybridized carbons (Fsp3) is 0.167. The molecule has 6 nitrogen and oxygen atoms in total. The van der Waals surface area contributed by atoms with Crippen LogP contribution in [0.4, 0.5) is 0 Å². The first-order chi connectivity index (χ1) is 9.10. The second-order valence-electron chi connectivity index (χ2n) is 3.72. The Kier molecular flexibility index (Phi) is 4.08. The van der Waals surface area contributed by atoms with Gasteiger partial charge in [-0.1, -0.05) is 0 Å². The first-order valence-corrected chi connectivity index (χ1v) is 6.30. The summed E-state index contributed by atoms with van der Waals surface area (Å²) in [6.07, 6.45) is 1.51. The average molecular weight is 280 g/mol. The number of amides is 1. The molecule has 0 unspecified atom stereocenters. The average Bonchev–Trinajstić information content (AvgIpc) is 2.71. The number of nitrogens with one attached hydrogen (secondary N) is 1. The number of phenolic OH excluding ortho intramolecular Hbond substituents is 2. The molecule has 7 heteroatoms. The Morgan fingerprint density at radius 1 is 1.37 bits per heavy atom. The SMILES string of the molecule is O=C1NC(=NCCO)S/C1=C\c1ccc(O)cc1O. The predicted octanol–water partition coefficient (Wildman–Crippen LogP) is 0.650. The number of hydrogen-bond donors (Lipinski definition) is 4. The zero-order valence-corrected chi connectivity index (χ0v) is 10.6. The normalized spacial score (nSPS) is 19.1. The zero-order valence-electron chi connectivity index (χ0n) is 9.83. The standard InChI is InChI=1S/C12H12N2O4S/c15-4-3-13-12-14-11(18)10(19-12)5-7-1-2-8(16)6-9(7)17/h1-2,5-6,15-17H,3-4H2,(H,13,14,18)/b10-5-. The Morgan fingerprint density at radius 2 is 2.16 bits per heavy atom. The number of aliphatic hydroxyl groups excluding tert-OH is 1. The van der Waals surface area contributed by atoms with Gasteiger partial charge in [0.05, 0.1) is 18.1 Å². The fourth-order valence-corrected chi connectivity index (χ4v) is 2.29. The smallest absolute Gasteiger partial charge is 0.264 e. The number of hydrogen-bond acceptors (Lipinski definition) is 6. The van der Waals surface area contributed by atoms with E-state index in [1.54, 1.807) is 0 Å². The van der Waals surface area contributed by atoms with E-state index in [1.807, 2.05) is 0 Å². The number of amidine groups is 1.